The lowest BCUT2D eigenvalue weighted by atomic mass is 9.94. The first-order valence-corrected chi connectivity index (χ1v) is 7.77. The zero-order valence-corrected chi connectivity index (χ0v) is 13.2. The Morgan fingerprint density at radius 3 is 3.00 bits per heavy atom. The summed E-state index contributed by atoms with van der Waals surface area (Å²) in [6.07, 6.45) is 3.78. The third-order valence-electron chi connectivity index (χ3n) is 3.80. The van der Waals surface area contributed by atoms with Crippen molar-refractivity contribution in [3.63, 3.8) is 0 Å². The molecule has 2 rings (SSSR count). The van der Waals surface area contributed by atoms with Gasteiger partial charge in [-0.05, 0) is 71.9 Å². The molecule has 1 aliphatic rings. The Kier molecular flexibility index (Phi) is 5.67. The van der Waals surface area contributed by atoms with Gasteiger partial charge in [0, 0.05) is 13.1 Å². The van der Waals surface area contributed by atoms with Gasteiger partial charge in [0.2, 0.25) is 0 Å². The normalized spacial score (nSPS) is 20.5. The molecule has 1 saturated heterocycles. The average Bonchev–Trinajstić information content (AvgIpc) is 2.40. The van der Waals surface area contributed by atoms with E-state index in [1.54, 1.807) is 7.11 Å². The molecule has 1 aromatic carbocycles. The first-order valence-electron chi connectivity index (χ1n) is 6.97. The van der Waals surface area contributed by atoms with Crippen LogP contribution in [0, 0.1) is 5.92 Å². The fourth-order valence-electron chi connectivity index (χ4n) is 2.83. The Labute approximate surface area is 124 Å². The van der Waals surface area contributed by atoms with Crippen molar-refractivity contribution < 1.29 is 4.74 Å². The van der Waals surface area contributed by atoms with Crippen LogP contribution >= 0.6 is 15.9 Å². The van der Waals surface area contributed by atoms with Crippen molar-refractivity contribution in [1.82, 2.24) is 4.90 Å². The number of methoxy groups -OCH3 is 1. The van der Waals surface area contributed by atoms with E-state index in [0.717, 1.165) is 35.7 Å². The summed E-state index contributed by atoms with van der Waals surface area (Å²) in [6.45, 7) is 4.21. The van der Waals surface area contributed by atoms with Crippen molar-refractivity contribution in [2.75, 3.05) is 26.7 Å². The molecule has 3 nitrogen and oxygen atoms in total. The maximum absolute atomic E-state index is 5.67. The van der Waals surface area contributed by atoms with Gasteiger partial charge in [-0.15, -0.1) is 0 Å². The van der Waals surface area contributed by atoms with E-state index in [4.69, 9.17) is 10.5 Å². The molecule has 1 aliphatic heterocycles. The molecule has 1 aromatic rings. The van der Waals surface area contributed by atoms with Crippen LogP contribution < -0.4 is 10.5 Å². The first-order chi connectivity index (χ1) is 9.22. The van der Waals surface area contributed by atoms with E-state index >= 15 is 0 Å². The second kappa shape index (κ2) is 7.27. The monoisotopic (exact) mass is 326 g/mol. The third-order valence-corrected chi connectivity index (χ3v) is 4.42. The van der Waals surface area contributed by atoms with Crippen LogP contribution in [-0.4, -0.2) is 31.6 Å². The molecule has 0 aromatic heterocycles. The predicted octanol–water partition coefficient (Wildman–Crippen LogP) is 3.02. The van der Waals surface area contributed by atoms with Gasteiger partial charge in [0.15, 0.2) is 0 Å². The number of halogens is 1. The van der Waals surface area contributed by atoms with E-state index in [1.165, 1.54) is 31.5 Å². The highest BCUT2D eigenvalue weighted by molar-refractivity contribution is 9.10. The Morgan fingerprint density at radius 2 is 2.32 bits per heavy atom. The molecule has 19 heavy (non-hydrogen) atoms. The van der Waals surface area contributed by atoms with Crippen LogP contribution in [0.4, 0.5) is 0 Å². The molecule has 4 heteroatoms. The highest BCUT2D eigenvalue weighted by Crippen LogP contribution is 2.27. The molecule has 1 unspecified atom stereocenters. The summed E-state index contributed by atoms with van der Waals surface area (Å²) in [5, 5.41) is 0. The smallest absolute Gasteiger partial charge is 0.133 e. The summed E-state index contributed by atoms with van der Waals surface area (Å²) in [4.78, 5) is 2.54. The lowest BCUT2D eigenvalue weighted by molar-refractivity contribution is 0.163. The molecule has 0 radical (unpaired) electrons. The summed E-state index contributed by atoms with van der Waals surface area (Å²) in [5.41, 5.74) is 7.00. The van der Waals surface area contributed by atoms with Gasteiger partial charge in [-0.1, -0.05) is 6.07 Å². The summed E-state index contributed by atoms with van der Waals surface area (Å²) in [7, 11) is 1.70. The van der Waals surface area contributed by atoms with E-state index in [-0.39, 0.29) is 0 Å². The topological polar surface area (TPSA) is 38.5 Å². The number of hydrogen-bond acceptors (Lipinski definition) is 3. The Bertz CT molecular complexity index is 409. The minimum absolute atomic E-state index is 0.778. The molecule has 1 fully saturated rings. The van der Waals surface area contributed by atoms with E-state index in [0.29, 0.717) is 0 Å². The second-order valence-electron chi connectivity index (χ2n) is 5.29. The first kappa shape index (κ1) is 14.8. The van der Waals surface area contributed by atoms with Crippen LogP contribution in [0.15, 0.2) is 22.7 Å². The van der Waals surface area contributed by atoms with Gasteiger partial charge in [0.25, 0.3) is 0 Å². The number of piperidine rings is 1. The average molecular weight is 327 g/mol. The van der Waals surface area contributed by atoms with E-state index < -0.39 is 0 Å². The minimum Gasteiger partial charge on any atom is -0.496 e. The lowest BCUT2D eigenvalue weighted by Crippen LogP contribution is -2.35. The number of nitrogens with zero attached hydrogens (tertiary/aromatic N) is 1. The molecule has 0 amide bonds. The zero-order valence-electron chi connectivity index (χ0n) is 11.6. The largest absolute Gasteiger partial charge is 0.496 e. The molecular formula is C15H23BrN2O. The van der Waals surface area contributed by atoms with Crippen molar-refractivity contribution in [2.24, 2.45) is 11.7 Å². The van der Waals surface area contributed by atoms with Gasteiger partial charge in [-0.25, -0.2) is 0 Å². The minimum atomic E-state index is 0.778. The lowest BCUT2D eigenvalue weighted by Gasteiger charge is -2.32. The number of ether oxygens (including phenoxy) is 1. The summed E-state index contributed by atoms with van der Waals surface area (Å²) >= 11 is 3.55. The van der Waals surface area contributed by atoms with Gasteiger partial charge >= 0.3 is 0 Å². The number of rotatable bonds is 5. The molecule has 106 valence electrons. The van der Waals surface area contributed by atoms with Crippen LogP contribution in [0.1, 0.15) is 24.8 Å². The molecule has 0 bridgehead atoms. The maximum Gasteiger partial charge on any atom is 0.133 e. The van der Waals surface area contributed by atoms with Crippen molar-refractivity contribution in [2.45, 2.75) is 25.8 Å². The quantitative estimate of drug-likeness (QED) is 0.903. The summed E-state index contributed by atoms with van der Waals surface area (Å²) < 4.78 is 6.30. The molecule has 1 heterocycles. The van der Waals surface area contributed by atoms with Gasteiger partial charge in [-0.3, -0.25) is 4.90 Å². The molecular weight excluding hydrogens is 304 g/mol. The molecule has 1 atom stereocenters. The van der Waals surface area contributed by atoms with Gasteiger partial charge in [-0.2, -0.15) is 0 Å². The second-order valence-corrected chi connectivity index (χ2v) is 6.14. The van der Waals surface area contributed by atoms with Gasteiger partial charge < -0.3 is 10.5 Å². The van der Waals surface area contributed by atoms with Crippen LogP contribution in [-0.2, 0) is 6.54 Å². The molecule has 2 N–H and O–H groups in total. The van der Waals surface area contributed by atoms with E-state index in [1.807, 2.05) is 6.07 Å². The van der Waals surface area contributed by atoms with Crippen molar-refractivity contribution in [3.05, 3.63) is 28.2 Å². The van der Waals surface area contributed by atoms with Crippen LogP contribution in [0.5, 0.6) is 5.75 Å². The van der Waals surface area contributed by atoms with Gasteiger partial charge in [0.05, 0.1) is 11.6 Å². The molecule has 0 aliphatic carbocycles. The van der Waals surface area contributed by atoms with Crippen molar-refractivity contribution in [3.8, 4) is 5.75 Å². The fraction of sp³-hybridized carbons (Fsp3) is 0.600. The van der Waals surface area contributed by atoms with Crippen LogP contribution in [0.3, 0.4) is 0 Å². The Morgan fingerprint density at radius 1 is 1.47 bits per heavy atom. The van der Waals surface area contributed by atoms with E-state index in [2.05, 4.69) is 33.0 Å². The Balaban J connectivity index is 1.94. The standard InChI is InChI=1S/C15H23BrN2O/c1-19-15-5-4-13(9-14(15)16)11-18-8-2-3-12(10-18)6-7-17/h4-5,9,12H,2-3,6-8,10-11,17H2,1H3. The highest BCUT2D eigenvalue weighted by Gasteiger charge is 2.19. The number of hydrogen-bond donors (Lipinski definition) is 1. The van der Waals surface area contributed by atoms with Gasteiger partial charge in [0.1, 0.15) is 5.75 Å². The third kappa shape index (κ3) is 4.20. The summed E-state index contributed by atoms with van der Waals surface area (Å²) in [5.74, 6) is 1.67. The fourth-order valence-corrected chi connectivity index (χ4v) is 3.42. The van der Waals surface area contributed by atoms with Crippen molar-refractivity contribution in [1.29, 1.82) is 0 Å². The maximum atomic E-state index is 5.67. The molecule has 0 spiro atoms. The van der Waals surface area contributed by atoms with Crippen molar-refractivity contribution >= 4 is 15.9 Å². The zero-order chi connectivity index (χ0) is 13.7. The van der Waals surface area contributed by atoms with Crippen LogP contribution in [0.2, 0.25) is 0 Å². The SMILES string of the molecule is COc1ccc(CN2CCCC(CCN)C2)cc1Br. The highest BCUT2D eigenvalue weighted by atomic mass is 79.9. The van der Waals surface area contributed by atoms with E-state index in [9.17, 15) is 0 Å². The molecule has 0 saturated carbocycles. The number of benzene rings is 1. The number of likely N-dealkylation sites (tertiary alicyclic amines) is 1. The Hall–Kier alpha value is -0.580. The predicted molar refractivity (Wildman–Crippen MR) is 82.4 cm³/mol. The summed E-state index contributed by atoms with van der Waals surface area (Å²) in [6, 6.07) is 6.34. The van der Waals surface area contributed by atoms with Crippen LogP contribution in [0.25, 0.3) is 0 Å². The number of nitrogens with two attached hydrogens (primary N) is 1.